The molecular formula is C16H21NO. The number of nitrogens with one attached hydrogen (secondary N) is 1. The highest BCUT2D eigenvalue weighted by molar-refractivity contribution is 5.80. The molecule has 1 heterocycles. The molecule has 18 heavy (non-hydrogen) atoms. The van der Waals surface area contributed by atoms with Gasteiger partial charge < -0.3 is 9.73 Å². The van der Waals surface area contributed by atoms with E-state index in [-0.39, 0.29) is 0 Å². The third-order valence-electron chi connectivity index (χ3n) is 4.28. The summed E-state index contributed by atoms with van der Waals surface area (Å²) in [4.78, 5) is 0. The maximum absolute atomic E-state index is 5.57. The van der Waals surface area contributed by atoms with Gasteiger partial charge in [0.05, 0.1) is 6.26 Å². The zero-order chi connectivity index (χ0) is 12.4. The van der Waals surface area contributed by atoms with Gasteiger partial charge in [-0.25, -0.2) is 0 Å². The molecule has 0 spiro atoms. The SMILES string of the molecule is C[C@@H](NCc1coc2ccccc12)C1CCCC1. The first kappa shape index (κ1) is 11.8. The van der Waals surface area contributed by atoms with Gasteiger partial charge in [-0.2, -0.15) is 0 Å². The average molecular weight is 243 g/mol. The molecule has 1 atom stereocenters. The maximum Gasteiger partial charge on any atom is 0.134 e. The molecule has 0 bridgehead atoms. The van der Waals surface area contributed by atoms with Crippen molar-refractivity contribution in [3.8, 4) is 0 Å². The molecule has 0 radical (unpaired) electrons. The summed E-state index contributed by atoms with van der Waals surface area (Å²) < 4.78 is 5.57. The van der Waals surface area contributed by atoms with Crippen LogP contribution >= 0.6 is 0 Å². The van der Waals surface area contributed by atoms with E-state index >= 15 is 0 Å². The molecule has 0 unspecified atom stereocenters. The van der Waals surface area contributed by atoms with Crippen LogP contribution in [-0.4, -0.2) is 6.04 Å². The summed E-state index contributed by atoms with van der Waals surface area (Å²) in [5, 5.41) is 4.90. The molecule has 2 nitrogen and oxygen atoms in total. The van der Waals surface area contributed by atoms with Crippen LogP contribution in [0.25, 0.3) is 11.0 Å². The van der Waals surface area contributed by atoms with Crippen molar-refractivity contribution in [2.45, 2.75) is 45.2 Å². The molecule has 0 amide bonds. The van der Waals surface area contributed by atoms with E-state index in [0.29, 0.717) is 6.04 Å². The highest BCUT2D eigenvalue weighted by Crippen LogP contribution is 2.28. The fourth-order valence-electron chi connectivity index (χ4n) is 3.06. The molecule has 1 N–H and O–H groups in total. The van der Waals surface area contributed by atoms with Crippen molar-refractivity contribution in [3.63, 3.8) is 0 Å². The smallest absolute Gasteiger partial charge is 0.134 e. The Bertz CT molecular complexity index is 511. The molecule has 1 aromatic carbocycles. The largest absolute Gasteiger partial charge is 0.464 e. The molecule has 1 saturated carbocycles. The number of rotatable bonds is 4. The monoisotopic (exact) mass is 243 g/mol. The Labute approximate surface area is 108 Å². The molecule has 2 aromatic rings. The Balaban J connectivity index is 1.65. The predicted octanol–water partition coefficient (Wildman–Crippen LogP) is 4.10. The first-order valence-electron chi connectivity index (χ1n) is 7.03. The van der Waals surface area contributed by atoms with E-state index in [4.69, 9.17) is 4.42 Å². The Morgan fingerprint density at radius 2 is 2.06 bits per heavy atom. The van der Waals surface area contributed by atoms with E-state index in [9.17, 15) is 0 Å². The number of benzene rings is 1. The van der Waals surface area contributed by atoms with Crippen molar-refractivity contribution in [1.29, 1.82) is 0 Å². The van der Waals surface area contributed by atoms with Crippen LogP contribution in [0.4, 0.5) is 0 Å². The van der Waals surface area contributed by atoms with Gasteiger partial charge >= 0.3 is 0 Å². The Morgan fingerprint density at radius 3 is 2.89 bits per heavy atom. The lowest BCUT2D eigenvalue weighted by molar-refractivity contribution is 0.380. The lowest BCUT2D eigenvalue weighted by Gasteiger charge is -2.20. The van der Waals surface area contributed by atoms with Gasteiger partial charge in [-0.05, 0) is 31.7 Å². The van der Waals surface area contributed by atoms with Crippen LogP contribution in [0.2, 0.25) is 0 Å². The summed E-state index contributed by atoms with van der Waals surface area (Å²) in [5.74, 6) is 0.864. The van der Waals surface area contributed by atoms with E-state index < -0.39 is 0 Å². The third kappa shape index (κ3) is 2.30. The normalized spacial score (nSPS) is 18.5. The van der Waals surface area contributed by atoms with Crippen molar-refractivity contribution >= 4 is 11.0 Å². The fourth-order valence-corrected chi connectivity index (χ4v) is 3.06. The highest BCUT2D eigenvalue weighted by atomic mass is 16.3. The number of furan rings is 1. The van der Waals surface area contributed by atoms with Gasteiger partial charge in [0.25, 0.3) is 0 Å². The quantitative estimate of drug-likeness (QED) is 0.874. The van der Waals surface area contributed by atoms with Gasteiger partial charge in [0.1, 0.15) is 5.58 Å². The predicted molar refractivity (Wildman–Crippen MR) is 74.5 cm³/mol. The zero-order valence-electron chi connectivity index (χ0n) is 11.0. The van der Waals surface area contributed by atoms with Gasteiger partial charge in [-0.15, -0.1) is 0 Å². The summed E-state index contributed by atoms with van der Waals surface area (Å²) in [6.45, 7) is 3.23. The fraction of sp³-hybridized carbons (Fsp3) is 0.500. The van der Waals surface area contributed by atoms with E-state index in [1.165, 1.54) is 36.6 Å². The highest BCUT2D eigenvalue weighted by Gasteiger charge is 2.21. The summed E-state index contributed by atoms with van der Waals surface area (Å²) in [6.07, 6.45) is 7.48. The lowest BCUT2D eigenvalue weighted by Crippen LogP contribution is -2.31. The molecule has 3 rings (SSSR count). The van der Waals surface area contributed by atoms with Gasteiger partial charge in [0.15, 0.2) is 0 Å². The summed E-state index contributed by atoms with van der Waals surface area (Å²) >= 11 is 0. The minimum atomic E-state index is 0.612. The molecule has 96 valence electrons. The summed E-state index contributed by atoms with van der Waals surface area (Å²) in [6, 6.07) is 8.86. The molecule has 1 aliphatic rings. The minimum Gasteiger partial charge on any atom is -0.464 e. The molecule has 1 fully saturated rings. The van der Waals surface area contributed by atoms with Crippen LogP contribution in [0.15, 0.2) is 34.9 Å². The summed E-state index contributed by atoms with van der Waals surface area (Å²) in [5.41, 5.74) is 2.26. The van der Waals surface area contributed by atoms with Crippen LogP contribution in [0.1, 0.15) is 38.2 Å². The molecule has 1 aliphatic carbocycles. The second-order valence-electron chi connectivity index (χ2n) is 5.47. The van der Waals surface area contributed by atoms with Crippen molar-refractivity contribution in [1.82, 2.24) is 5.32 Å². The van der Waals surface area contributed by atoms with Crippen LogP contribution in [0.5, 0.6) is 0 Å². The first-order valence-corrected chi connectivity index (χ1v) is 7.03. The van der Waals surface area contributed by atoms with Crippen molar-refractivity contribution < 1.29 is 4.42 Å². The third-order valence-corrected chi connectivity index (χ3v) is 4.28. The lowest BCUT2D eigenvalue weighted by atomic mass is 9.99. The Kier molecular flexibility index (Phi) is 3.37. The minimum absolute atomic E-state index is 0.612. The van der Waals surface area contributed by atoms with Gasteiger partial charge in [-0.1, -0.05) is 31.0 Å². The number of hydrogen-bond donors (Lipinski definition) is 1. The van der Waals surface area contributed by atoms with E-state index in [2.05, 4.69) is 24.4 Å². The average Bonchev–Trinajstić information content (AvgIpc) is 3.06. The Morgan fingerprint density at radius 1 is 1.28 bits per heavy atom. The summed E-state index contributed by atoms with van der Waals surface area (Å²) in [7, 11) is 0. The van der Waals surface area contributed by atoms with Crippen molar-refractivity contribution in [2.24, 2.45) is 5.92 Å². The van der Waals surface area contributed by atoms with Crippen LogP contribution in [0.3, 0.4) is 0 Å². The van der Waals surface area contributed by atoms with E-state index in [1.54, 1.807) is 0 Å². The maximum atomic E-state index is 5.57. The second-order valence-corrected chi connectivity index (χ2v) is 5.47. The van der Waals surface area contributed by atoms with Crippen LogP contribution in [-0.2, 0) is 6.54 Å². The molecular weight excluding hydrogens is 222 g/mol. The molecule has 0 saturated heterocycles. The van der Waals surface area contributed by atoms with Gasteiger partial charge in [-0.3, -0.25) is 0 Å². The zero-order valence-corrected chi connectivity index (χ0v) is 11.0. The van der Waals surface area contributed by atoms with Crippen LogP contribution in [0, 0.1) is 5.92 Å². The van der Waals surface area contributed by atoms with E-state index in [0.717, 1.165) is 18.0 Å². The van der Waals surface area contributed by atoms with Gasteiger partial charge in [0.2, 0.25) is 0 Å². The molecule has 1 aromatic heterocycles. The standard InChI is InChI=1S/C16H21NO/c1-12(13-6-2-3-7-13)17-10-14-11-18-16-9-5-4-8-15(14)16/h4-5,8-9,11-13,17H,2-3,6-7,10H2,1H3/t12-/m1/s1. The van der Waals surface area contributed by atoms with Crippen LogP contribution < -0.4 is 5.32 Å². The van der Waals surface area contributed by atoms with Gasteiger partial charge in [0, 0.05) is 23.5 Å². The van der Waals surface area contributed by atoms with Crippen molar-refractivity contribution in [2.75, 3.05) is 0 Å². The number of para-hydroxylation sites is 1. The molecule has 0 aliphatic heterocycles. The first-order chi connectivity index (χ1) is 8.84. The molecule has 2 heteroatoms. The van der Waals surface area contributed by atoms with E-state index in [1.807, 2.05) is 18.4 Å². The second kappa shape index (κ2) is 5.15. The number of hydrogen-bond acceptors (Lipinski definition) is 2. The van der Waals surface area contributed by atoms with Crippen molar-refractivity contribution in [3.05, 3.63) is 36.1 Å². The Hall–Kier alpha value is -1.28. The number of fused-ring (bicyclic) bond motifs is 1. The topological polar surface area (TPSA) is 25.2 Å².